The highest BCUT2D eigenvalue weighted by Crippen LogP contribution is 2.03. The molecule has 1 amide bonds. The normalized spacial score (nSPS) is 15.3. The number of nitrogens with zero attached hydrogens (tertiary/aromatic N) is 4. The molecule has 2 aromatic rings. The van der Waals surface area contributed by atoms with E-state index in [1.54, 1.807) is 11.1 Å². The molecule has 120 valence electrons. The van der Waals surface area contributed by atoms with Gasteiger partial charge in [0.15, 0.2) is 0 Å². The number of hydrogen-bond acceptors (Lipinski definition) is 5. The summed E-state index contributed by atoms with van der Waals surface area (Å²) >= 11 is 0. The van der Waals surface area contributed by atoms with Crippen LogP contribution in [0, 0.1) is 6.92 Å². The largest absolute Gasteiger partial charge is 0.335 e. The fraction of sp³-hybridized carbons (Fsp3) is 0.333. The van der Waals surface area contributed by atoms with Crippen LogP contribution in [0.25, 0.3) is 0 Å². The first-order valence-electron chi connectivity index (χ1n) is 7.44. The lowest BCUT2D eigenvalue weighted by Gasteiger charge is -2.26. The van der Waals surface area contributed by atoms with Gasteiger partial charge in [0.25, 0.3) is 5.91 Å². The number of carbonyl (C=O) groups excluding carboxylic acids is 1. The first-order valence-corrected chi connectivity index (χ1v) is 7.44. The Labute approximate surface area is 132 Å². The molecule has 3 rings (SSSR count). The number of aryl methyl sites for hydroxylation is 1. The number of aromatic nitrogens is 3. The summed E-state index contributed by atoms with van der Waals surface area (Å²) in [4.78, 5) is 27.2. The van der Waals surface area contributed by atoms with Crippen LogP contribution in [0.5, 0.6) is 0 Å². The number of H-pyrrole nitrogens is 1. The molecule has 2 heterocycles. The van der Waals surface area contributed by atoms with Gasteiger partial charge in [-0.25, -0.2) is 0 Å². The average molecular weight is 314 g/mol. The second kappa shape index (κ2) is 6.57. The third kappa shape index (κ3) is 3.21. The molecule has 0 bridgehead atoms. The van der Waals surface area contributed by atoms with Crippen LogP contribution in [0.15, 0.2) is 34.2 Å². The van der Waals surface area contributed by atoms with Gasteiger partial charge in [-0.2, -0.15) is 10.3 Å². The standard InChI is InChI=1S/C15H18N6O2/c1-11-4-2-3-5-12(11)10-17-21-15(23)13(18-19-21)14(22)20-8-6-16-7-9-20/h2-5,10,16,19H,6-9H2,1H3. The maximum atomic E-state index is 12.3. The van der Waals surface area contributed by atoms with E-state index < -0.39 is 5.56 Å². The number of rotatable bonds is 3. The first-order chi connectivity index (χ1) is 11.2. The predicted molar refractivity (Wildman–Crippen MR) is 85.8 cm³/mol. The molecule has 0 unspecified atom stereocenters. The fourth-order valence-electron chi connectivity index (χ4n) is 2.38. The Balaban J connectivity index is 1.81. The number of amides is 1. The van der Waals surface area contributed by atoms with Crippen molar-refractivity contribution in [2.45, 2.75) is 6.92 Å². The van der Waals surface area contributed by atoms with E-state index in [0.29, 0.717) is 13.1 Å². The van der Waals surface area contributed by atoms with Crippen molar-refractivity contribution < 1.29 is 4.79 Å². The van der Waals surface area contributed by atoms with Gasteiger partial charge in [-0.15, -0.1) is 9.89 Å². The molecule has 0 atom stereocenters. The van der Waals surface area contributed by atoms with Gasteiger partial charge in [0, 0.05) is 26.2 Å². The van der Waals surface area contributed by atoms with E-state index in [-0.39, 0.29) is 11.6 Å². The van der Waals surface area contributed by atoms with E-state index >= 15 is 0 Å². The maximum absolute atomic E-state index is 12.3. The van der Waals surface area contributed by atoms with E-state index in [0.717, 1.165) is 29.0 Å². The highest BCUT2D eigenvalue weighted by atomic mass is 16.2. The van der Waals surface area contributed by atoms with Crippen LogP contribution in [0.2, 0.25) is 0 Å². The molecular weight excluding hydrogens is 296 g/mol. The van der Waals surface area contributed by atoms with E-state index in [1.165, 1.54) is 0 Å². The lowest BCUT2D eigenvalue weighted by Crippen LogP contribution is -2.47. The number of hydrogen-bond donors (Lipinski definition) is 2. The summed E-state index contributed by atoms with van der Waals surface area (Å²) in [5.41, 5.74) is 1.26. The summed E-state index contributed by atoms with van der Waals surface area (Å²) < 4.78 is 0. The van der Waals surface area contributed by atoms with E-state index in [1.807, 2.05) is 31.2 Å². The topological polar surface area (TPSA) is 95.4 Å². The van der Waals surface area contributed by atoms with Crippen molar-refractivity contribution in [3.63, 3.8) is 0 Å². The third-order valence-electron chi connectivity index (χ3n) is 3.76. The van der Waals surface area contributed by atoms with Crippen molar-refractivity contribution in [2.75, 3.05) is 26.2 Å². The van der Waals surface area contributed by atoms with Crippen LogP contribution in [0.3, 0.4) is 0 Å². The molecule has 1 aliphatic heterocycles. The summed E-state index contributed by atoms with van der Waals surface area (Å²) in [5.74, 6) is -0.363. The summed E-state index contributed by atoms with van der Waals surface area (Å²) in [6.07, 6.45) is 1.56. The second-order valence-corrected chi connectivity index (χ2v) is 5.32. The Morgan fingerprint density at radius 2 is 2.04 bits per heavy atom. The molecule has 8 nitrogen and oxygen atoms in total. The van der Waals surface area contributed by atoms with Gasteiger partial charge in [-0.05, 0) is 18.1 Å². The van der Waals surface area contributed by atoms with Crippen molar-refractivity contribution in [1.29, 1.82) is 0 Å². The summed E-state index contributed by atoms with van der Waals surface area (Å²) in [6, 6.07) is 7.67. The number of carbonyl (C=O) groups is 1. The molecule has 1 saturated heterocycles. The second-order valence-electron chi connectivity index (χ2n) is 5.32. The van der Waals surface area contributed by atoms with Crippen molar-refractivity contribution in [2.24, 2.45) is 5.10 Å². The number of piperazine rings is 1. The van der Waals surface area contributed by atoms with Gasteiger partial charge < -0.3 is 10.2 Å². The van der Waals surface area contributed by atoms with Crippen molar-refractivity contribution in [1.82, 2.24) is 25.3 Å². The van der Waals surface area contributed by atoms with Gasteiger partial charge in [0.05, 0.1) is 6.21 Å². The van der Waals surface area contributed by atoms with E-state index in [2.05, 4.69) is 20.7 Å². The monoisotopic (exact) mass is 314 g/mol. The van der Waals surface area contributed by atoms with Crippen LogP contribution in [-0.4, -0.2) is 58.3 Å². The molecule has 1 aliphatic rings. The molecule has 0 spiro atoms. The lowest BCUT2D eigenvalue weighted by molar-refractivity contribution is 0.0728. The van der Waals surface area contributed by atoms with Gasteiger partial charge in [-0.1, -0.05) is 24.3 Å². The highest BCUT2D eigenvalue weighted by Gasteiger charge is 2.24. The number of benzene rings is 1. The van der Waals surface area contributed by atoms with Crippen molar-refractivity contribution in [3.05, 3.63) is 51.4 Å². The van der Waals surface area contributed by atoms with E-state index in [9.17, 15) is 9.59 Å². The van der Waals surface area contributed by atoms with Crippen LogP contribution in [-0.2, 0) is 0 Å². The quantitative estimate of drug-likeness (QED) is 0.768. The molecule has 0 radical (unpaired) electrons. The molecule has 0 saturated carbocycles. The van der Waals surface area contributed by atoms with Crippen molar-refractivity contribution in [3.8, 4) is 0 Å². The van der Waals surface area contributed by atoms with E-state index in [4.69, 9.17) is 0 Å². The molecule has 23 heavy (non-hydrogen) atoms. The minimum atomic E-state index is -0.543. The lowest BCUT2D eigenvalue weighted by atomic mass is 10.1. The zero-order chi connectivity index (χ0) is 16.2. The Hall–Kier alpha value is -2.74. The SMILES string of the molecule is Cc1ccccc1C=Nn1[nH]nc(C(=O)N2CCNCC2)c1=O. The Morgan fingerprint density at radius 1 is 1.30 bits per heavy atom. The Morgan fingerprint density at radius 3 is 2.78 bits per heavy atom. The molecule has 0 aliphatic carbocycles. The number of nitrogens with one attached hydrogen (secondary N) is 2. The van der Waals surface area contributed by atoms with Crippen LogP contribution in [0.1, 0.15) is 21.6 Å². The zero-order valence-electron chi connectivity index (χ0n) is 12.8. The fourth-order valence-corrected chi connectivity index (χ4v) is 2.38. The third-order valence-corrected chi connectivity index (χ3v) is 3.76. The molecule has 1 fully saturated rings. The van der Waals surface area contributed by atoms with Gasteiger partial charge in [0.2, 0.25) is 5.69 Å². The molecular formula is C15H18N6O2. The smallest absolute Gasteiger partial charge is 0.320 e. The Bertz CT molecular complexity index is 785. The van der Waals surface area contributed by atoms with Crippen LogP contribution < -0.4 is 10.9 Å². The van der Waals surface area contributed by atoms with Gasteiger partial charge in [0.1, 0.15) is 0 Å². The number of aromatic amines is 1. The maximum Gasteiger partial charge on any atom is 0.320 e. The molecule has 1 aromatic carbocycles. The Kier molecular flexibility index (Phi) is 4.33. The predicted octanol–water partition coefficient (Wildman–Crippen LogP) is -0.193. The molecule has 2 N–H and O–H groups in total. The van der Waals surface area contributed by atoms with Crippen LogP contribution >= 0.6 is 0 Å². The minimum absolute atomic E-state index is 0.131. The van der Waals surface area contributed by atoms with Gasteiger partial charge in [-0.3, -0.25) is 9.59 Å². The van der Waals surface area contributed by atoms with Crippen molar-refractivity contribution >= 4 is 12.1 Å². The molecule has 8 heteroatoms. The summed E-state index contributed by atoms with van der Waals surface area (Å²) in [5, 5.41) is 13.5. The minimum Gasteiger partial charge on any atom is -0.335 e. The van der Waals surface area contributed by atoms with Crippen LogP contribution in [0.4, 0.5) is 0 Å². The van der Waals surface area contributed by atoms with Gasteiger partial charge >= 0.3 is 5.56 Å². The zero-order valence-corrected chi connectivity index (χ0v) is 12.8. The summed E-state index contributed by atoms with van der Waals surface area (Å²) in [7, 11) is 0. The molecule has 1 aromatic heterocycles. The highest BCUT2D eigenvalue weighted by molar-refractivity contribution is 5.92. The average Bonchev–Trinajstić information content (AvgIpc) is 2.95. The summed E-state index contributed by atoms with van der Waals surface area (Å²) in [6.45, 7) is 4.53. The first kappa shape index (κ1) is 15.2.